The maximum atomic E-state index is 12.4. The number of alkyl halides is 3. The van der Waals surface area contributed by atoms with Crippen molar-refractivity contribution in [3.05, 3.63) is 15.4 Å². The molecule has 1 heterocycles. The van der Waals surface area contributed by atoms with Crippen molar-refractivity contribution in [3.63, 3.8) is 0 Å². The van der Waals surface area contributed by atoms with Crippen molar-refractivity contribution in [1.29, 1.82) is 0 Å². The first kappa shape index (κ1) is 16.9. The van der Waals surface area contributed by atoms with Crippen molar-refractivity contribution in [2.75, 3.05) is 13.1 Å². The van der Waals surface area contributed by atoms with Gasteiger partial charge in [0, 0.05) is 6.54 Å². The molecule has 0 N–H and O–H groups in total. The van der Waals surface area contributed by atoms with E-state index in [0.29, 0.717) is 20.1 Å². The second-order valence-corrected chi connectivity index (χ2v) is 8.51. The summed E-state index contributed by atoms with van der Waals surface area (Å²) in [6.45, 7) is 1.70. The van der Waals surface area contributed by atoms with Gasteiger partial charge in [-0.25, -0.2) is 8.42 Å². The first-order valence-corrected chi connectivity index (χ1v) is 8.45. The van der Waals surface area contributed by atoms with Gasteiger partial charge in [-0.1, -0.05) is 6.92 Å². The van der Waals surface area contributed by atoms with E-state index >= 15 is 0 Å². The van der Waals surface area contributed by atoms with Gasteiger partial charge in [-0.3, -0.25) is 0 Å². The van der Waals surface area contributed by atoms with Crippen molar-refractivity contribution in [3.8, 4) is 0 Å². The first-order valence-electron chi connectivity index (χ1n) is 5.40. The SMILES string of the molecule is CCCN(CC(F)(F)F)S(=O)(=O)c1cc(C)c(Br)s1. The normalized spacial score (nSPS) is 13.2. The van der Waals surface area contributed by atoms with Crippen LogP contribution in [0.3, 0.4) is 0 Å². The Balaban J connectivity index is 3.12. The van der Waals surface area contributed by atoms with Gasteiger partial charge in [0.2, 0.25) is 0 Å². The van der Waals surface area contributed by atoms with Crippen LogP contribution in [-0.4, -0.2) is 32.0 Å². The molecule has 0 aliphatic carbocycles. The lowest BCUT2D eigenvalue weighted by atomic mass is 10.4. The molecular formula is C10H13BrF3NO2S2. The fraction of sp³-hybridized carbons (Fsp3) is 0.600. The summed E-state index contributed by atoms with van der Waals surface area (Å²) < 4.78 is 62.7. The highest BCUT2D eigenvalue weighted by atomic mass is 79.9. The zero-order chi connectivity index (χ0) is 14.8. The average molecular weight is 380 g/mol. The van der Waals surface area contributed by atoms with Gasteiger partial charge < -0.3 is 0 Å². The van der Waals surface area contributed by atoms with E-state index in [1.54, 1.807) is 13.8 Å². The third-order valence-electron chi connectivity index (χ3n) is 2.26. The van der Waals surface area contributed by atoms with Crippen molar-refractivity contribution >= 4 is 37.3 Å². The van der Waals surface area contributed by atoms with Gasteiger partial charge in [0.05, 0.1) is 3.79 Å². The average Bonchev–Trinajstić information content (AvgIpc) is 2.57. The molecule has 0 spiro atoms. The minimum absolute atomic E-state index is 0.0745. The standard InChI is InChI=1S/C10H13BrF3NO2S2/c1-3-4-15(6-10(12,13)14)19(16,17)8-5-7(2)9(11)18-8/h5H,3-4,6H2,1-2H3. The summed E-state index contributed by atoms with van der Waals surface area (Å²) in [5.41, 5.74) is 0.687. The lowest BCUT2D eigenvalue weighted by molar-refractivity contribution is -0.136. The number of rotatable bonds is 5. The van der Waals surface area contributed by atoms with Gasteiger partial charge in [0.25, 0.3) is 10.0 Å². The van der Waals surface area contributed by atoms with Crippen molar-refractivity contribution in [2.45, 2.75) is 30.7 Å². The van der Waals surface area contributed by atoms with E-state index in [1.165, 1.54) is 6.07 Å². The molecule has 0 fully saturated rings. The topological polar surface area (TPSA) is 37.4 Å². The minimum Gasteiger partial charge on any atom is -0.206 e. The van der Waals surface area contributed by atoms with Crippen LogP contribution < -0.4 is 0 Å². The summed E-state index contributed by atoms with van der Waals surface area (Å²) in [5, 5.41) is 0. The van der Waals surface area contributed by atoms with Crippen LogP contribution in [0.4, 0.5) is 13.2 Å². The van der Waals surface area contributed by atoms with Crippen LogP contribution in [0.25, 0.3) is 0 Å². The summed E-state index contributed by atoms with van der Waals surface area (Å²) in [4.78, 5) is 0. The molecule has 0 radical (unpaired) electrons. The Hall–Kier alpha value is -0.120. The summed E-state index contributed by atoms with van der Waals surface area (Å²) in [6.07, 6.45) is -4.23. The third-order valence-corrected chi connectivity index (χ3v) is 6.69. The summed E-state index contributed by atoms with van der Waals surface area (Å²) in [7, 11) is -4.10. The van der Waals surface area contributed by atoms with E-state index < -0.39 is 22.7 Å². The lowest BCUT2D eigenvalue weighted by Crippen LogP contribution is -2.39. The number of hydrogen-bond acceptors (Lipinski definition) is 3. The Bertz CT molecular complexity index is 520. The molecule has 0 atom stereocenters. The van der Waals surface area contributed by atoms with Gasteiger partial charge in [-0.2, -0.15) is 17.5 Å². The molecule has 19 heavy (non-hydrogen) atoms. The number of thiophene rings is 1. The molecule has 0 unspecified atom stereocenters. The van der Waals surface area contributed by atoms with Crippen LogP contribution in [-0.2, 0) is 10.0 Å². The third kappa shape index (κ3) is 4.44. The zero-order valence-corrected chi connectivity index (χ0v) is 13.5. The van der Waals surface area contributed by atoms with Crippen LogP contribution in [0.2, 0.25) is 0 Å². The number of aryl methyl sites for hydroxylation is 1. The van der Waals surface area contributed by atoms with Crippen LogP contribution in [0.1, 0.15) is 18.9 Å². The molecule has 110 valence electrons. The van der Waals surface area contributed by atoms with E-state index in [9.17, 15) is 21.6 Å². The number of halogens is 4. The van der Waals surface area contributed by atoms with Gasteiger partial charge in [0.1, 0.15) is 10.8 Å². The fourth-order valence-electron chi connectivity index (χ4n) is 1.42. The molecule has 1 aromatic heterocycles. The predicted octanol–water partition coefficient (Wildman–Crippen LogP) is 3.78. The van der Waals surface area contributed by atoms with Gasteiger partial charge >= 0.3 is 6.18 Å². The molecule has 0 bridgehead atoms. The largest absolute Gasteiger partial charge is 0.402 e. The second kappa shape index (κ2) is 6.11. The Morgan fingerprint density at radius 1 is 1.42 bits per heavy atom. The Morgan fingerprint density at radius 2 is 2.00 bits per heavy atom. The first-order chi connectivity index (χ1) is 8.58. The van der Waals surface area contributed by atoms with Crippen molar-refractivity contribution < 1.29 is 21.6 Å². The molecule has 9 heteroatoms. The van der Waals surface area contributed by atoms with Crippen molar-refractivity contribution in [2.24, 2.45) is 0 Å². The van der Waals surface area contributed by atoms with E-state index in [0.717, 1.165) is 11.3 Å². The lowest BCUT2D eigenvalue weighted by Gasteiger charge is -2.21. The molecule has 1 rings (SSSR count). The van der Waals surface area contributed by atoms with Crippen LogP contribution in [0, 0.1) is 6.92 Å². The van der Waals surface area contributed by atoms with E-state index in [2.05, 4.69) is 15.9 Å². The molecule has 0 aliphatic heterocycles. The van der Waals surface area contributed by atoms with E-state index in [1.807, 2.05) is 0 Å². The molecule has 1 aromatic rings. The molecular weight excluding hydrogens is 367 g/mol. The maximum absolute atomic E-state index is 12.4. The minimum atomic E-state index is -4.55. The molecule has 0 amide bonds. The van der Waals surface area contributed by atoms with Gasteiger partial charge in [-0.05, 0) is 40.9 Å². The van der Waals surface area contributed by atoms with Crippen molar-refractivity contribution in [1.82, 2.24) is 4.31 Å². The fourth-order valence-corrected chi connectivity index (χ4v) is 5.32. The Labute approximate surface area is 122 Å². The molecule has 0 aromatic carbocycles. The molecule has 0 saturated heterocycles. The number of sulfonamides is 1. The van der Waals surface area contributed by atoms with E-state index in [-0.39, 0.29) is 10.8 Å². The van der Waals surface area contributed by atoms with Crippen LogP contribution in [0.5, 0.6) is 0 Å². The highest BCUT2D eigenvalue weighted by Crippen LogP contribution is 2.33. The highest BCUT2D eigenvalue weighted by molar-refractivity contribution is 9.11. The Kier molecular flexibility index (Phi) is 5.44. The monoisotopic (exact) mass is 379 g/mol. The van der Waals surface area contributed by atoms with Crippen LogP contribution >= 0.6 is 27.3 Å². The molecule has 0 aliphatic rings. The smallest absolute Gasteiger partial charge is 0.206 e. The van der Waals surface area contributed by atoms with E-state index in [4.69, 9.17) is 0 Å². The zero-order valence-electron chi connectivity index (χ0n) is 10.3. The van der Waals surface area contributed by atoms with Gasteiger partial charge in [-0.15, -0.1) is 11.3 Å². The predicted molar refractivity (Wildman–Crippen MR) is 71.9 cm³/mol. The Morgan fingerprint density at radius 3 is 2.37 bits per heavy atom. The number of nitrogens with zero attached hydrogens (tertiary/aromatic N) is 1. The highest BCUT2D eigenvalue weighted by Gasteiger charge is 2.37. The van der Waals surface area contributed by atoms with Gasteiger partial charge in [0.15, 0.2) is 0 Å². The summed E-state index contributed by atoms with van der Waals surface area (Å²) in [5.74, 6) is 0. The quantitative estimate of drug-likeness (QED) is 0.780. The maximum Gasteiger partial charge on any atom is 0.402 e. The second-order valence-electron chi connectivity index (χ2n) is 3.98. The molecule has 0 saturated carbocycles. The summed E-state index contributed by atoms with van der Waals surface area (Å²) in [6, 6.07) is 1.38. The number of hydrogen-bond donors (Lipinski definition) is 0. The summed E-state index contributed by atoms with van der Waals surface area (Å²) >= 11 is 4.09. The molecule has 3 nitrogen and oxygen atoms in total. The van der Waals surface area contributed by atoms with Crippen LogP contribution in [0.15, 0.2) is 14.1 Å².